The standard InChI is InChI=1S/C17H29NO2/c1-3-4-5-6-7-16(19)15-10-14-12-18(2)9-8-13(14)11-17(15)20/h13-15H,3-12H2,1-2H3. The van der Waals surface area contributed by atoms with Gasteiger partial charge in [0.15, 0.2) is 0 Å². The molecule has 3 heteroatoms. The van der Waals surface area contributed by atoms with E-state index in [2.05, 4.69) is 18.9 Å². The van der Waals surface area contributed by atoms with E-state index in [1.165, 1.54) is 12.8 Å². The molecule has 1 aliphatic heterocycles. The van der Waals surface area contributed by atoms with Crippen LogP contribution in [0.1, 0.15) is 58.3 Å². The van der Waals surface area contributed by atoms with Gasteiger partial charge in [-0.3, -0.25) is 9.59 Å². The van der Waals surface area contributed by atoms with Crippen LogP contribution in [0.2, 0.25) is 0 Å². The van der Waals surface area contributed by atoms with Crippen molar-refractivity contribution in [3.63, 3.8) is 0 Å². The molecule has 2 fully saturated rings. The number of nitrogens with zero attached hydrogens (tertiary/aromatic N) is 1. The van der Waals surface area contributed by atoms with E-state index in [1.54, 1.807) is 0 Å². The first-order chi connectivity index (χ1) is 9.61. The van der Waals surface area contributed by atoms with Gasteiger partial charge in [-0.15, -0.1) is 0 Å². The molecule has 1 heterocycles. The minimum absolute atomic E-state index is 0.220. The molecule has 3 nitrogen and oxygen atoms in total. The lowest BCUT2D eigenvalue weighted by Gasteiger charge is -2.41. The molecule has 3 unspecified atom stereocenters. The molecule has 0 aromatic heterocycles. The van der Waals surface area contributed by atoms with Crippen LogP contribution in [0.5, 0.6) is 0 Å². The highest BCUT2D eigenvalue weighted by atomic mass is 16.1. The van der Waals surface area contributed by atoms with Crippen LogP contribution < -0.4 is 0 Å². The molecule has 20 heavy (non-hydrogen) atoms. The minimum atomic E-state index is -0.274. The number of carbonyl (C=O) groups is 2. The number of likely N-dealkylation sites (tertiary alicyclic amines) is 1. The highest BCUT2D eigenvalue weighted by Gasteiger charge is 2.40. The summed E-state index contributed by atoms with van der Waals surface area (Å²) in [5, 5.41) is 0. The van der Waals surface area contributed by atoms with Crippen LogP contribution in [0.25, 0.3) is 0 Å². The van der Waals surface area contributed by atoms with Crippen LogP contribution in [0.4, 0.5) is 0 Å². The molecule has 114 valence electrons. The van der Waals surface area contributed by atoms with Gasteiger partial charge in [0.2, 0.25) is 0 Å². The van der Waals surface area contributed by atoms with E-state index in [-0.39, 0.29) is 17.5 Å². The van der Waals surface area contributed by atoms with Gasteiger partial charge < -0.3 is 4.90 Å². The van der Waals surface area contributed by atoms with Gasteiger partial charge in [0.25, 0.3) is 0 Å². The Labute approximate surface area is 123 Å². The third-order valence-electron chi connectivity index (χ3n) is 5.15. The fraction of sp³-hybridized carbons (Fsp3) is 0.882. The summed E-state index contributed by atoms with van der Waals surface area (Å²) >= 11 is 0. The zero-order valence-corrected chi connectivity index (χ0v) is 13.1. The fourth-order valence-corrected chi connectivity index (χ4v) is 3.84. The second-order valence-electron chi connectivity index (χ2n) is 6.81. The van der Waals surface area contributed by atoms with Gasteiger partial charge >= 0.3 is 0 Å². The average Bonchev–Trinajstić information content (AvgIpc) is 2.43. The first-order valence-corrected chi connectivity index (χ1v) is 8.35. The number of hydrogen-bond donors (Lipinski definition) is 0. The lowest BCUT2D eigenvalue weighted by atomic mass is 9.69. The molecule has 0 radical (unpaired) electrons. The summed E-state index contributed by atoms with van der Waals surface area (Å²) in [6.45, 7) is 4.34. The summed E-state index contributed by atoms with van der Waals surface area (Å²) in [5.74, 6) is 1.29. The minimum Gasteiger partial charge on any atom is -0.306 e. The van der Waals surface area contributed by atoms with E-state index in [9.17, 15) is 9.59 Å². The molecule has 0 aromatic rings. The van der Waals surface area contributed by atoms with Crippen LogP contribution in [0.15, 0.2) is 0 Å². The van der Waals surface area contributed by atoms with E-state index < -0.39 is 0 Å². The summed E-state index contributed by atoms with van der Waals surface area (Å²) in [6.07, 6.45) is 7.69. The summed E-state index contributed by atoms with van der Waals surface area (Å²) in [6, 6.07) is 0. The Morgan fingerprint density at radius 2 is 2.05 bits per heavy atom. The number of fused-ring (bicyclic) bond motifs is 1. The maximum atomic E-state index is 12.3. The lowest BCUT2D eigenvalue weighted by molar-refractivity contribution is -0.138. The number of piperidine rings is 1. The van der Waals surface area contributed by atoms with Crippen LogP contribution >= 0.6 is 0 Å². The molecular weight excluding hydrogens is 250 g/mol. The molecule has 0 aromatic carbocycles. The van der Waals surface area contributed by atoms with Gasteiger partial charge in [-0.1, -0.05) is 26.2 Å². The van der Waals surface area contributed by atoms with E-state index in [0.29, 0.717) is 24.7 Å². The van der Waals surface area contributed by atoms with Crippen molar-refractivity contribution in [2.24, 2.45) is 17.8 Å². The topological polar surface area (TPSA) is 37.4 Å². The van der Waals surface area contributed by atoms with Gasteiger partial charge in [0, 0.05) is 19.4 Å². The molecule has 0 spiro atoms. The molecular formula is C17H29NO2. The Kier molecular flexibility index (Phi) is 5.76. The number of rotatable bonds is 6. The fourth-order valence-electron chi connectivity index (χ4n) is 3.84. The van der Waals surface area contributed by atoms with E-state index in [0.717, 1.165) is 38.8 Å². The predicted octanol–water partition coefficient (Wildman–Crippen LogP) is 3.07. The number of unbranched alkanes of at least 4 members (excludes halogenated alkanes) is 3. The monoisotopic (exact) mass is 279 g/mol. The second kappa shape index (κ2) is 7.35. The van der Waals surface area contributed by atoms with Crippen LogP contribution in [-0.4, -0.2) is 36.6 Å². The number of carbonyl (C=O) groups excluding carboxylic acids is 2. The third-order valence-corrected chi connectivity index (χ3v) is 5.15. The highest BCUT2D eigenvalue weighted by Crippen LogP contribution is 2.37. The highest BCUT2D eigenvalue weighted by molar-refractivity contribution is 6.02. The first-order valence-electron chi connectivity index (χ1n) is 8.35. The Morgan fingerprint density at radius 3 is 2.80 bits per heavy atom. The maximum Gasteiger partial charge on any atom is 0.143 e. The molecule has 0 amide bonds. The van der Waals surface area contributed by atoms with E-state index in [4.69, 9.17) is 0 Å². The predicted molar refractivity (Wildman–Crippen MR) is 80.6 cm³/mol. The first kappa shape index (κ1) is 15.7. The van der Waals surface area contributed by atoms with E-state index >= 15 is 0 Å². The summed E-state index contributed by atoms with van der Waals surface area (Å²) in [5.41, 5.74) is 0. The molecule has 0 bridgehead atoms. The van der Waals surface area contributed by atoms with Crippen LogP contribution in [0, 0.1) is 17.8 Å². The molecule has 1 aliphatic carbocycles. The Morgan fingerprint density at radius 1 is 1.25 bits per heavy atom. The van der Waals surface area contributed by atoms with Crippen LogP contribution in [0.3, 0.4) is 0 Å². The number of ketones is 2. The largest absolute Gasteiger partial charge is 0.306 e. The summed E-state index contributed by atoms with van der Waals surface area (Å²) < 4.78 is 0. The van der Waals surface area contributed by atoms with Crippen molar-refractivity contribution in [1.29, 1.82) is 0 Å². The van der Waals surface area contributed by atoms with Gasteiger partial charge in [-0.25, -0.2) is 0 Å². The second-order valence-corrected chi connectivity index (χ2v) is 6.81. The third kappa shape index (κ3) is 3.91. The quantitative estimate of drug-likeness (QED) is 0.554. The van der Waals surface area contributed by atoms with Gasteiger partial charge in [0.05, 0.1) is 5.92 Å². The van der Waals surface area contributed by atoms with Gasteiger partial charge in [-0.05, 0) is 44.7 Å². The van der Waals surface area contributed by atoms with Crippen molar-refractivity contribution in [2.45, 2.75) is 58.3 Å². The van der Waals surface area contributed by atoms with Crippen LogP contribution in [-0.2, 0) is 9.59 Å². The van der Waals surface area contributed by atoms with Crippen molar-refractivity contribution in [1.82, 2.24) is 4.90 Å². The van der Waals surface area contributed by atoms with Crippen molar-refractivity contribution in [2.75, 3.05) is 20.1 Å². The molecule has 2 rings (SSSR count). The molecule has 1 saturated heterocycles. The maximum absolute atomic E-state index is 12.3. The Balaban J connectivity index is 1.84. The number of Topliss-reactive ketones (excluding diaryl/α,β-unsaturated/α-hetero) is 2. The SMILES string of the molecule is CCCCCCC(=O)C1CC2CN(C)CCC2CC1=O. The van der Waals surface area contributed by atoms with Crippen molar-refractivity contribution in [3.8, 4) is 0 Å². The Bertz CT molecular complexity index is 353. The van der Waals surface area contributed by atoms with Gasteiger partial charge in [-0.2, -0.15) is 0 Å². The van der Waals surface area contributed by atoms with E-state index in [1.807, 2.05) is 0 Å². The van der Waals surface area contributed by atoms with Crippen molar-refractivity contribution < 1.29 is 9.59 Å². The number of hydrogen-bond acceptors (Lipinski definition) is 3. The van der Waals surface area contributed by atoms with Crippen molar-refractivity contribution in [3.05, 3.63) is 0 Å². The molecule has 0 N–H and O–H groups in total. The lowest BCUT2D eigenvalue weighted by Crippen LogP contribution is -2.45. The van der Waals surface area contributed by atoms with Gasteiger partial charge in [0.1, 0.15) is 11.6 Å². The normalized spacial score (nSPS) is 31.1. The summed E-state index contributed by atoms with van der Waals surface area (Å²) in [4.78, 5) is 26.9. The molecule has 1 saturated carbocycles. The summed E-state index contributed by atoms with van der Waals surface area (Å²) in [7, 11) is 2.15. The average molecular weight is 279 g/mol. The Hall–Kier alpha value is -0.700. The smallest absolute Gasteiger partial charge is 0.143 e. The molecule has 3 atom stereocenters. The van der Waals surface area contributed by atoms with Crippen molar-refractivity contribution >= 4 is 11.6 Å². The zero-order chi connectivity index (χ0) is 14.5. The molecule has 2 aliphatic rings. The zero-order valence-electron chi connectivity index (χ0n) is 13.1.